The van der Waals surface area contributed by atoms with Crippen molar-refractivity contribution in [3.8, 4) is 33.9 Å². The van der Waals surface area contributed by atoms with E-state index in [0.717, 1.165) is 39.6 Å². The highest BCUT2D eigenvalue weighted by Crippen LogP contribution is 2.36. The number of hydrogen-bond acceptors (Lipinski definition) is 4. The number of alkyl halides is 1. The Hall–Kier alpha value is -2.27. The quantitative estimate of drug-likeness (QED) is 0.595. The second kappa shape index (κ2) is 6.87. The lowest BCUT2D eigenvalue weighted by Crippen LogP contribution is -1.88. The molecule has 0 aliphatic heterocycles. The van der Waals surface area contributed by atoms with Crippen LogP contribution in [-0.4, -0.2) is 19.4 Å². The first-order chi connectivity index (χ1) is 11.3. The van der Waals surface area contributed by atoms with Crippen molar-refractivity contribution in [1.29, 1.82) is 0 Å². The van der Waals surface area contributed by atoms with E-state index >= 15 is 0 Å². The Morgan fingerprint density at radius 2 is 1.39 bits per heavy atom. The number of hydrogen-bond donors (Lipinski definition) is 0. The number of benzene rings is 2. The van der Waals surface area contributed by atoms with Crippen LogP contribution in [0.2, 0.25) is 0 Å². The Labute approximate surface area is 143 Å². The molecular formula is C18H16BrNO3. The van der Waals surface area contributed by atoms with Gasteiger partial charge in [0.2, 0.25) is 0 Å². The fraction of sp³-hybridized carbons (Fsp3) is 0.167. The first kappa shape index (κ1) is 15.6. The van der Waals surface area contributed by atoms with Crippen molar-refractivity contribution in [2.75, 3.05) is 14.2 Å². The second-order valence-electron chi connectivity index (χ2n) is 4.92. The van der Waals surface area contributed by atoms with Gasteiger partial charge in [-0.2, -0.15) is 0 Å². The molecule has 0 unspecified atom stereocenters. The minimum atomic E-state index is 0.595. The number of methoxy groups -OCH3 is 2. The second-order valence-corrected chi connectivity index (χ2v) is 5.48. The molecule has 23 heavy (non-hydrogen) atoms. The molecular weight excluding hydrogens is 358 g/mol. The summed E-state index contributed by atoms with van der Waals surface area (Å²) in [6, 6.07) is 15.6. The molecule has 4 nitrogen and oxygen atoms in total. The van der Waals surface area contributed by atoms with Crippen molar-refractivity contribution >= 4 is 15.9 Å². The Morgan fingerprint density at radius 1 is 0.870 bits per heavy atom. The fourth-order valence-electron chi connectivity index (χ4n) is 2.42. The molecule has 118 valence electrons. The molecule has 5 heteroatoms. The summed E-state index contributed by atoms with van der Waals surface area (Å²) in [7, 11) is 3.30. The minimum Gasteiger partial charge on any atom is -0.497 e. The largest absolute Gasteiger partial charge is 0.497 e. The van der Waals surface area contributed by atoms with E-state index in [9.17, 15) is 0 Å². The van der Waals surface area contributed by atoms with Gasteiger partial charge in [0.25, 0.3) is 0 Å². The van der Waals surface area contributed by atoms with Crippen LogP contribution >= 0.6 is 15.9 Å². The fourth-order valence-corrected chi connectivity index (χ4v) is 2.80. The Morgan fingerprint density at radius 3 is 1.87 bits per heavy atom. The van der Waals surface area contributed by atoms with Crippen LogP contribution in [0.3, 0.4) is 0 Å². The highest BCUT2D eigenvalue weighted by atomic mass is 79.9. The van der Waals surface area contributed by atoms with Crippen molar-refractivity contribution < 1.29 is 14.0 Å². The van der Waals surface area contributed by atoms with Crippen LogP contribution in [0.15, 0.2) is 53.1 Å². The van der Waals surface area contributed by atoms with Gasteiger partial charge >= 0.3 is 0 Å². The van der Waals surface area contributed by atoms with E-state index in [2.05, 4.69) is 21.1 Å². The first-order valence-corrected chi connectivity index (χ1v) is 8.22. The van der Waals surface area contributed by atoms with Crippen LogP contribution in [0.4, 0.5) is 0 Å². The molecule has 0 spiro atoms. The zero-order valence-electron chi connectivity index (χ0n) is 12.9. The number of aromatic nitrogens is 1. The average Bonchev–Trinajstić information content (AvgIpc) is 3.06. The van der Waals surface area contributed by atoms with Crippen LogP contribution < -0.4 is 9.47 Å². The van der Waals surface area contributed by atoms with E-state index in [-0.39, 0.29) is 0 Å². The van der Waals surface area contributed by atoms with Crippen molar-refractivity contribution in [2.24, 2.45) is 0 Å². The number of halogens is 1. The van der Waals surface area contributed by atoms with Crippen molar-refractivity contribution in [1.82, 2.24) is 5.16 Å². The molecule has 0 saturated heterocycles. The smallest absolute Gasteiger partial charge is 0.155 e. The van der Waals surface area contributed by atoms with E-state index < -0.39 is 0 Å². The van der Waals surface area contributed by atoms with Crippen molar-refractivity contribution in [3.05, 3.63) is 54.3 Å². The standard InChI is InChI=1S/C18H16BrNO3/c1-21-14-7-3-12(4-8-14)17-16(11-19)23-20-18(17)13-5-9-15(22-2)10-6-13/h3-10H,11H2,1-2H3. The van der Waals surface area contributed by atoms with Gasteiger partial charge in [0.1, 0.15) is 17.2 Å². The summed E-state index contributed by atoms with van der Waals surface area (Å²) < 4.78 is 15.9. The molecule has 1 aromatic heterocycles. The molecule has 1 heterocycles. The van der Waals surface area contributed by atoms with Gasteiger partial charge in [-0.05, 0) is 42.0 Å². The summed E-state index contributed by atoms with van der Waals surface area (Å²) >= 11 is 3.46. The maximum atomic E-state index is 5.51. The van der Waals surface area contributed by atoms with Crippen LogP contribution in [-0.2, 0) is 5.33 Å². The van der Waals surface area contributed by atoms with Crippen LogP contribution in [0.25, 0.3) is 22.4 Å². The van der Waals surface area contributed by atoms with Crippen molar-refractivity contribution in [2.45, 2.75) is 5.33 Å². The summed E-state index contributed by atoms with van der Waals surface area (Å²) in [5.74, 6) is 2.42. The molecule has 0 aliphatic rings. The molecule has 2 aromatic carbocycles. The lowest BCUT2D eigenvalue weighted by Gasteiger charge is -2.06. The highest BCUT2D eigenvalue weighted by molar-refractivity contribution is 9.08. The van der Waals surface area contributed by atoms with Crippen molar-refractivity contribution in [3.63, 3.8) is 0 Å². The number of nitrogens with zero attached hydrogens (tertiary/aromatic N) is 1. The molecule has 0 bridgehead atoms. The van der Waals surface area contributed by atoms with Gasteiger partial charge in [-0.3, -0.25) is 0 Å². The van der Waals surface area contributed by atoms with Gasteiger partial charge in [-0.15, -0.1) is 0 Å². The molecule has 0 aliphatic carbocycles. The minimum absolute atomic E-state index is 0.595. The Kier molecular flexibility index (Phi) is 4.67. The van der Waals surface area contributed by atoms with E-state index in [1.165, 1.54) is 0 Å². The van der Waals surface area contributed by atoms with Crippen LogP contribution in [0.5, 0.6) is 11.5 Å². The predicted molar refractivity (Wildman–Crippen MR) is 93.1 cm³/mol. The summed E-state index contributed by atoms with van der Waals surface area (Å²) in [6.45, 7) is 0. The summed E-state index contributed by atoms with van der Waals surface area (Å²) in [5, 5.41) is 4.85. The molecule has 0 fully saturated rings. The predicted octanol–water partition coefficient (Wildman–Crippen LogP) is 4.92. The van der Waals surface area contributed by atoms with Gasteiger partial charge < -0.3 is 14.0 Å². The zero-order valence-corrected chi connectivity index (χ0v) is 14.5. The molecule has 3 aromatic rings. The third-order valence-corrected chi connectivity index (χ3v) is 4.14. The molecule has 0 radical (unpaired) electrons. The van der Waals surface area contributed by atoms with E-state index in [1.807, 2.05) is 48.5 Å². The summed E-state index contributed by atoms with van der Waals surface area (Å²) in [4.78, 5) is 0. The van der Waals surface area contributed by atoms with Crippen LogP contribution in [0.1, 0.15) is 5.76 Å². The van der Waals surface area contributed by atoms with Gasteiger partial charge in [0.05, 0.1) is 25.1 Å². The average molecular weight is 374 g/mol. The SMILES string of the molecule is COc1ccc(-c2noc(CBr)c2-c2ccc(OC)cc2)cc1. The van der Waals surface area contributed by atoms with E-state index in [4.69, 9.17) is 14.0 Å². The van der Waals surface area contributed by atoms with Gasteiger partial charge in [-0.1, -0.05) is 33.2 Å². The maximum absolute atomic E-state index is 5.51. The molecule has 0 N–H and O–H groups in total. The summed E-state index contributed by atoms with van der Waals surface area (Å²) in [5.41, 5.74) is 3.81. The normalized spacial score (nSPS) is 10.6. The summed E-state index contributed by atoms with van der Waals surface area (Å²) in [6.07, 6.45) is 0. The molecule has 0 atom stereocenters. The van der Waals surface area contributed by atoms with Gasteiger partial charge in [0, 0.05) is 5.56 Å². The lowest BCUT2D eigenvalue weighted by molar-refractivity contribution is 0.398. The van der Waals surface area contributed by atoms with E-state index in [0.29, 0.717) is 5.33 Å². The maximum Gasteiger partial charge on any atom is 0.155 e. The lowest BCUT2D eigenvalue weighted by atomic mass is 9.99. The van der Waals surface area contributed by atoms with E-state index in [1.54, 1.807) is 14.2 Å². The topological polar surface area (TPSA) is 44.5 Å². The van der Waals surface area contributed by atoms with Gasteiger partial charge in [0.15, 0.2) is 5.76 Å². The Bertz CT molecular complexity index is 779. The molecule has 3 rings (SSSR count). The highest BCUT2D eigenvalue weighted by Gasteiger charge is 2.18. The monoisotopic (exact) mass is 373 g/mol. The number of ether oxygens (including phenoxy) is 2. The molecule has 0 amide bonds. The van der Waals surface area contributed by atoms with Gasteiger partial charge in [-0.25, -0.2) is 0 Å². The molecule has 0 saturated carbocycles. The van der Waals surface area contributed by atoms with Crippen LogP contribution in [0, 0.1) is 0 Å². The third-order valence-electron chi connectivity index (χ3n) is 3.63. The zero-order chi connectivity index (χ0) is 16.2. The number of rotatable bonds is 5. The third kappa shape index (κ3) is 3.10. The first-order valence-electron chi connectivity index (χ1n) is 7.10. The Balaban J connectivity index is 2.08.